The maximum absolute atomic E-state index is 5.74. The highest BCUT2D eigenvalue weighted by Crippen LogP contribution is 2.33. The number of nitrogens with zero attached hydrogens (tertiary/aromatic N) is 2. The average molecular weight is 367 g/mol. The average Bonchev–Trinajstić information content (AvgIpc) is 2.70. The van der Waals surface area contributed by atoms with Gasteiger partial charge in [-0.15, -0.1) is 0 Å². The largest absolute Gasteiger partial charge is 0.488 e. The molecular weight excluding hydrogens is 336 g/mol. The summed E-state index contributed by atoms with van der Waals surface area (Å²) in [6.45, 7) is 9.36. The van der Waals surface area contributed by atoms with E-state index in [-0.39, 0.29) is 0 Å². The van der Waals surface area contributed by atoms with Crippen molar-refractivity contribution in [2.45, 2.75) is 58.3 Å². The predicted molar refractivity (Wildman–Crippen MR) is 110 cm³/mol. The van der Waals surface area contributed by atoms with E-state index in [1.54, 1.807) is 0 Å². The van der Waals surface area contributed by atoms with Gasteiger partial charge in [-0.1, -0.05) is 19.9 Å². The lowest BCUT2D eigenvalue weighted by atomic mass is 9.89. The molecule has 0 fully saturated rings. The van der Waals surface area contributed by atoms with Crippen LogP contribution in [-0.2, 0) is 6.42 Å². The van der Waals surface area contributed by atoms with Crippen LogP contribution in [0.1, 0.15) is 67.3 Å². The number of hydrogen-bond acceptors (Lipinski definition) is 5. The van der Waals surface area contributed by atoms with Gasteiger partial charge < -0.3 is 15.4 Å². The second kappa shape index (κ2) is 7.75. The Balaban J connectivity index is 1.42. The first-order valence-electron chi connectivity index (χ1n) is 10.2. The summed E-state index contributed by atoms with van der Waals surface area (Å²) in [6.07, 6.45) is 6.56. The Morgan fingerprint density at radius 1 is 1.07 bits per heavy atom. The first-order chi connectivity index (χ1) is 13.1. The Morgan fingerprint density at radius 3 is 2.78 bits per heavy atom. The molecule has 0 spiro atoms. The molecule has 2 aliphatic heterocycles. The number of aryl methyl sites for hydroxylation is 2. The number of rotatable bonds is 5. The molecule has 0 aliphatic carbocycles. The van der Waals surface area contributed by atoms with Crippen LogP contribution < -0.4 is 15.4 Å². The maximum atomic E-state index is 5.74. The molecule has 0 aromatic carbocycles. The molecule has 144 valence electrons. The van der Waals surface area contributed by atoms with Crippen LogP contribution in [0.2, 0.25) is 0 Å². The van der Waals surface area contributed by atoms with Gasteiger partial charge in [-0.05, 0) is 67.2 Å². The van der Waals surface area contributed by atoms with Crippen molar-refractivity contribution in [2.24, 2.45) is 0 Å². The normalized spacial score (nSPS) is 17.6. The van der Waals surface area contributed by atoms with Crippen LogP contribution in [0, 0.1) is 6.92 Å². The highest BCUT2D eigenvalue weighted by atomic mass is 16.5. The van der Waals surface area contributed by atoms with E-state index in [4.69, 9.17) is 9.72 Å². The third-order valence-corrected chi connectivity index (χ3v) is 5.84. The van der Waals surface area contributed by atoms with Crippen LogP contribution >= 0.6 is 0 Å². The Bertz CT molecular complexity index is 820. The summed E-state index contributed by atoms with van der Waals surface area (Å²) in [7, 11) is 0. The summed E-state index contributed by atoms with van der Waals surface area (Å²) in [5.74, 6) is 3.76. The van der Waals surface area contributed by atoms with E-state index in [0.717, 1.165) is 49.7 Å². The van der Waals surface area contributed by atoms with Gasteiger partial charge in [0.25, 0.3) is 0 Å². The van der Waals surface area contributed by atoms with E-state index in [1.807, 2.05) is 6.20 Å². The monoisotopic (exact) mass is 366 g/mol. The molecule has 2 N–H and O–H groups in total. The first-order valence-corrected chi connectivity index (χ1v) is 10.2. The van der Waals surface area contributed by atoms with Gasteiger partial charge in [-0.3, -0.25) is 0 Å². The second-order valence-corrected chi connectivity index (χ2v) is 8.00. The van der Waals surface area contributed by atoms with E-state index >= 15 is 0 Å². The molecular formula is C22H30N4O. The molecule has 0 bridgehead atoms. The van der Waals surface area contributed by atoms with Gasteiger partial charge in [0, 0.05) is 18.4 Å². The van der Waals surface area contributed by atoms with E-state index in [9.17, 15) is 0 Å². The van der Waals surface area contributed by atoms with Crippen molar-refractivity contribution in [3.63, 3.8) is 0 Å². The molecule has 5 nitrogen and oxygen atoms in total. The number of ether oxygens (including phenoxy) is 1. The molecule has 0 radical (unpaired) electrons. The van der Waals surface area contributed by atoms with Crippen molar-refractivity contribution in [1.82, 2.24) is 9.97 Å². The molecule has 2 aromatic rings. The molecule has 0 amide bonds. The van der Waals surface area contributed by atoms with Crippen LogP contribution in [0.15, 0.2) is 18.3 Å². The molecule has 2 aliphatic rings. The van der Waals surface area contributed by atoms with Crippen LogP contribution in [0.3, 0.4) is 0 Å². The predicted octanol–water partition coefficient (Wildman–Crippen LogP) is 4.63. The summed E-state index contributed by atoms with van der Waals surface area (Å²) in [5.41, 5.74) is 5.19. The lowest BCUT2D eigenvalue weighted by Crippen LogP contribution is -2.19. The summed E-state index contributed by atoms with van der Waals surface area (Å²) in [6, 6.07) is 4.48. The summed E-state index contributed by atoms with van der Waals surface area (Å²) >= 11 is 0. The molecule has 0 saturated heterocycles. The fourth-order valence-electron chi connectivity index (χ4n) is 4.12. The highest BCUT2D eigenvalue weighted by Gasteiger charge is 2.19. The van der Waals surface area contributed by atoms with Crippen molar-refractivity contribution in [3.05, 3.63) is 40.7 Å². The van der Waals surface area contributed by atoms with Crippen molar-refractivity contribution in [1.29, 1.82) is 0 Å². The van der Waals surface area contributed by atoms with E-state index in [0.29, 0.717) is 18.4 Å². The number of aromatic nitrogens is 2. The summed E-state index contributed by atoms with van der Waals surface area (Å²) in [4.78, 5) is 9.50. The van der Waals surface area contributed by atoms with Gasteiger partial charge in [-0.2, -0.15) is 0 Å². The van der Waals surface area contributed by atoms with Crippen molar-refractivity contribution in [3.8, 4) is 5.75 Å². The standard InChI is InChI=1S/C22H30N4O/c1-14(18-12-19-22(25-13-18)24-9-10-27-19)6-7-15(2)20-16(3)11-17-5-4-8-23-21(17)26-20/h11-15H,4-10H2,1-3H3,(H,23,26)(H,24,25)/t14-,15+/m1/s1. The highest BCUT2D eigenvalue weighted by molar-refractivity contribution is 5.53. The fourth-order valence-corrected chi connectivity index (χ4v) is 4.12. The van der Waals surface area contributed by atoms with Gasteiger partial charge in [0.05, 0.1) is 6.54 Å². The van der Waals surface area contributed by atoms with Crippen LogP contribution in [0.25, 0.3) is 0 Å². The summed E-state index contributed by atoms with van der Waals surface area (Å²) < 4.78 is 5.74. The molecule has 27 heavy (non-hydrogen) atoms. The third kappa shape index (κ3) is 3.87. The van der Waals surface area contributed by atoms with Gasteiger partial charge in [-0.25, -0.2) is 9.97 Å². The Hall–Kier alpha value is -2.30. The Kier molecular flexibility index (Phi) is 5.19. The number of pyridine rings is 2. The fraction of sp³-hybridized carbons (Fsp3) is 0.545. The van der Waals surface area contributed by atoms with Gasteiger partial charge in [0.2, 0.25) is 0 Å². The Labute approximate surface area is 162 Å². The van der Waals surface area contributed by atoms with E-state index in [2.05, 4.69) is 48.5 Å². The number of fused-ring (bicyclic) bond motifs is 2. The second-order valence-electron chi connectivity index (χ2n) is 8.00. The molecule has 0 unspecified atom stereocenters. The topological polar surface area (TPSA) is 59.1 Å². The van der Waals surface area contributed by atoms with Crippen molar-refractivity contribution < 1.29 is 4.74 Å². The molecule has 2 atom stereocenters. The van der Waals surface area contributed by atoms with Crippen LogP contribution in [-0.4, -0.2) is 29.7 Å². The minimum absolute atomic E-state index is 0.449. The molecule has 0 saturated carbocycles. The zero-order valence-corrected chi connectivity index (χ0v) is 16.6. The van der Waals surface area contributed by atoms with Crippen LogP contribution in [0.5, 0.6) is 5.75 Å². The molecule has 2 aromatic heterocycles. The third-order valence-electron chi connectivity index (χ3n) is 5.84. The lowest BCUT2D eigenvalue weighted by Gasteiger charge is -2.23. The first kappa shape index (κ1) is 18.1. The quantitative estimate of drug-likeness (QED) is 0.808. The lowest BCUT2D eigenvalue weighted by molar-refractivity contribution is 0.320. The van der Waals surface area contributed by atoms with E-state index < -0.39 is 0 Å². The number of hydrogen-bond donors (Lipinski definition) is 2. The minimum atomic E-state index is 0.449. The SMILES string of the molecule is Cc1cc2c(nc1[C@@H](C)CC[C@@H](C)c1cnc3c(c1)OCCN3)NCCC2. The zero-order valence-electron chi connectivity index (χ0n) is 16.6. The van der Waals surface area contributed by atoms with Gasteiger partial charge in [0.1, 0.15) is 12.4 Å². The molecule has 4 heterocycles. The van der Waals surface area contributed by atoms with Crippen molar-refractivity contribution in [2.75, 3.05) is 30.3 Å². The number of nitrogens with one attached hydrogen (secondary N) is 2. The number of anilines is 2. The molecule has 4 rings (SSSR count). The Morgan fingerprint density at radius 2 is 1.89 bits per heavy atom. The zero-order chi connectivity index (χ0) is 18.8. The van der Waals surface area contributed by atoms with E-state index in [1.165, 1.54) is 28.8 Å². The summed E-state index contributed by atoms with van der Waals surface area (Å²) in [5, 5.41) is 6.75. The van der Waals surface area contributed by atoms with Gasteiger partial charge in [0.15, 0.2) is 11.6 Å². The minimum Gasteiger partial charge on any atom is -0.488 e. The smallest absolute Gasteiger partial charge is 0.168 e. The van der Waals surface area contributed by atoms with Crippen molar-refractivity contribution >= 4 is 11.6 Å². The van der Waals surface area contributed by atoms with Gasteiger partial charge >= 0.3 is 0 Å². The maximum Gasteiger partial charge on any atom is 0.168 e. The van der Waals surface area contributed by atoms with Crippen LogP contribution in [0.4, 0.5) is 11.6 Å². The molecule has 5 heteroatoms.